The van der Waals surface area contributed by atoms with Crippen LogP contribution in [0.4, 0.5) is 4.79 Å². The molecule has 1 N–H and O–H groups in total. The molecule has 3 rings (SSSR count). The molecule has 0 spiro atoms. The normalized spacial score (nSPS) is 19.0. The molecule has 2 aliphatic rings. The first-order valence-corrected chi connectivity index (χ1v) is 9.94. The highest BCUT2D eigenvalue weighted by Crippen LogP contribution is 2.31. The largest absolute Gasteiger partial charge is 0.444 e. The van der Waals surface area contributed by atoms with Crippen molar-refractivity contribution >= 4 is 6.09 Å². The van der Waals surface area contributed by atoms with Crippen LogP contribution in [-0.2, 0) is 17.7 Å². The molecule has 1 fully saturated rings. The van der Waals surface area contributed by atoms with Crippen LogP contribution in [0.3, 0.4) is 0 Å². The van der Waals surface area contributed by atoms with Gasteiger partial charge in [0.25, 0.3) is 0 Å². The van der Waals surface area contributed by atoms with Gasteiger partial charge in [-0.2, -0.15) is 0 Å². The molecule has 0 bridgehead atoms. The summed E-state index contributed by atoms with van der Waals surface area (Å²) in [6, 6.07) is 0. The van der Waals surface area contributed by atoms with Crippen molar-refractivity contribution < 1.29 is 9.53 Å². The summed E-state index contributed by atoms with van der Waals surface area (Å²) in [5.41, 5.74) is 1.99. The van der Waals surface area contributed by atoms with E-state index in [-0.39, 0.29) is 6.09 Å². The molecule has 0 aromatic carbocycles. The Balaban J connectivity index is 1.51. The van der Waals surface area contributed by atoms with Gasteiger partial charge in [0.2, 0.25) is 0 Å². The zero-order valence-corrected chi connectivity index (χ0v) is 16.4. The minimum Gasteiger partial charge on any atom is -0.444 e. The van der Waals surface area contributed by atoms with Crippen molar-refractivity contribution in [2.45, 2.75) is 77.4 Å². The zero-order valence-electron chi connectivity index (χ0n) is 16.4. The van der Waals surface area contributed by atoms with Crippen molar-refractivity contribution in [1.29, 1.82) is 0 Å². The van der Waals surface area contributed by atoms with Crippen molar-refractivity contribution in [3.63, 3.8) is 0 Å². The number of carbonyl (C=O) groups excluding carboxylic acids is 1. The topological polar surface area (TPSA) is 67.3 Å². The van der Waals surface area contributed by atoms with Crippen LogP contribution >= 0.6 is 0 Å². The lowest BCUT2D eigenvalue weighted by molar-refractivity contribution is 0.0521. The van der Waals surface area contributed by atoms with Gasteiger partial charge in [0.15, 0.2) is 0 Å². The number of ether oxygens (including phenoxy) is 1. The molecule has 1 saturated carbocycles. The van der Waals surface area contributed by atoms with Crippen molar-refractivity contribution in [1.82, 2.24) is 20.2 Å². The van der Waals surface area contributed by atoms with E-state index in [4.69, 9.17) is 9.72 Å². The van der Waals surface area contributed by atoms with Crippen LogP contribution in [0.2, 0.25) is 0 Å². The second-order valence-corrected chi connectivity index (χ2v) is 8.49. The molecule has 0 saturated heterocycles. The van der Waals surface area contributed by atoms with Gasteiger partial charge in [-0.05, 0) is 45.6 Å². The number of carbonyl (C=O) groups is 1. The molecule has 1 aromatic heterocycles. The van der Waals surface area contributed by atoms with Crippen molar-refractivity contribution in [3.05, 3.63) is 23.3 Å². The maximum Gasteiger partial charge on any atom is 0.407 e. The number of alkyl carbamates (subject to hydrolysis) is 1. The third-order valence-electron chi connectivity index (χ3n) is 5.11. The van der Waals surface area contributed by atoms with E-state index in [1.54, 1.807) is 0 Å². The monoisotopic (exact) mass is 360 g/mol. The number of nitrogens with one attached hydrogen (secondary N) is 1. The fraction of sp³-hybridized carbons (Fsp3) is 0.750. The molecule has 0 radical (unpaired) electrons. The molecule has 0 unspecified atom stereocenters. The fourth-order valence-corrected chi connectivity index (χ4v) is 3.75. The van der Waals surface area contributed by atoms with E-state index in [1.807, 2.05) is 27.0 Å². The summed E-state index contributed by atoms with van der Waals surface area (Å²) in [6.07, 6.45) is 9.07. The standard InChI is InChI=1S/C20H32N4O2/c1-20(2,3)26-19(25)21-10-12-24-11-9-16-13-22-18(23-17(16)14-24)15-7-5-4-6-8-15/h13,15H,4-12,14H2,1-3H3,(H,21,25). The van der Waals surface area contributed by atoms with E-state index in [2.05, 4.69) is 15.2 Å². The molecule has 6 heteroatoms. The Hall–Kier alpha value is -1.69. The van der Waals surface area contributed by atoms with Crippen LogP contribution in [0.5, 0.6) is 0 Å². The van der Waals surface area contributed by atoms with E-state index in [0.717, 1.165) is 31.9 Å². The third kappa shape index (κ3) is 5.40. The number of rotatable bonds is 4. The second kappa shape index (κ2) is 8.33. The van der Waals surface area contributed by atoms with Crippen molar-refractivity contribution in [3.8, 4) is 0 Å². The van der Waals surface area contributed by atoms with Crippen LogP contribution in [-0.4, -0.2) is 46.2 Å². The molecule has 144 valence electrons. The van der Waals surface area contributed by atoms with Crippen LogP contribution in [0.25, 0.3) is 0 Å². The number of nitrogens with zero attached hydrogens (tertiary/aromatic N) is 3. The van der Waals surface area contributed by atoms with Crippen LogP contribution in [0, 0.1) is 0 Å². The lowest BCUT2D eigenvalue weighted by atomic mass is 9.88. The van der Waals surface area contributed by atoms with Gasteiger partial charge in [-0.25, -0.2) is 14.8 Å². The highest BCUT2D eigenvalue weighted by molar-refractivity contribution is 5.67. The van der Waals surface area contributed by atoms with Gasteiger partial charge in [0.05, 0.1) is 5.69 Å². The van der Waals surface area contributed by atoms with Crippen molar-refractivity contribution in [2.75, 3.05) is 19.6 Å². The first-order chi connectivity index (χ1) is 12.4. The van der Waals surface area contributed by atoms with Gasteiger partial charge in [-0.3, -0.25) is 4.90 Å². The van der Waals surface area contributed by atoms with Crippen LogP contribution in [0.15, 0.2) is 6.20 Å². The van der Waals surface area contributed by atoms with Gasteiger partial charge in [0.1, 0.15) is 11.4 Å². The van der Waals surface area contributed by atoms with Gasteiger partial charge < -0.3 is 10.1 Å². The van der Waals surface area contributed by atoms with Crippen LogP contribution < -0.4 is 5.32 Å². The quantitative estimate of drug-likeness (QED) is 0.891. The SMILES string of the molecule is CC(C)(C)OC(=O)NCCN1CCc2cnc(C3CCCCC3)nc2C1. The fourth-order valence-electron chi connectivity index (χ4n) is 3.75. The van der Waals surface area contributed by atoms with Gasteiger partial charge in [-0.15, -0.1) is 0 Å². The summed E-state index contributed by atoms with van der Waals surface area (Å²) in [5, 5.41) is 2.84. The molecule has 1 amide bonds. The first-order valence-electron chi connectivity index (χ1n) is 9.94. The van der Waals surface area contributed by atoms with Gasteiger partial charge >= 0.3 is 6.09 Å². The summed E-state index contributed by atoms with van der Waals surface area (Å²) < 4.78 is 5.28. The second-order valence-electron chi connectivity index (χ2n) is 8.49. The molecule has 0 atom stereocenters. The summed E-state index contributed by atoms with van der Waals surface area (Å²) in [4.78, 5) is 23.7. The van der Waals surface area contributed by atoms with E-state index < -0.39 is 5.60 Å². The Morgan fingerprint density at radius 2 is 2.08 bits per heavy atom. The molecule has 1 aliphatic carbocycles. The Bertz CT molecular complexity index is 621. The molecule has 6 nitrogen and oxygen atoms in total. The summed E-state index contributed by atoms with van der Waals surface area (Å²) >= 11 is 0. The third-order valence-corrected chi connectivity index (χ3v) is 5.11. The van der Waals surface area contributed by atoms with Gasteiger partial charge in [0, 0.05) is 38.3 Å². The number of hydrogen-bond donors (Lipinski definition) is 1. The molecular weight excluding hydrogens is 328 g/mol. The Kier molecular flexibility index (Phi) is 6.12. The van der Waals surface area contributed by atoms with E-state index >= 15 is 0 Å². The first kappa shape index (κ1) is 19.1. The van der Waals surface area contributed by atoms with Crippen LogP contribution in [0.1, 0.15) is 75.9 Å². The molecule has 26 heavy (non-hydrogen) atoms. The summed E-state index contributed by atoms with van der Waals surface area (Å²) in [5.74, 6) is 1.58. The smallest absolute Gasteiger partial charge is 0.407 e. The van der Waals surface area contributed by atoms with Crippen molar-refractivity contribution in [2.24, 2.45) is 0 Å². The number of hydrogen-bond acceptors (Lipinski definition) is 5. The average molecular weight is 361 g/mol. The minimum atomic E-state index is -0.458. The summed E-state index contributed by atoms with van der Waals surface area (Å²) in [7, 11) is 0. The maximum atomic E-state index is 11.7. The Labute approximate surface area is 156 Å². The Morgan fingerprint density at radius 1 is 1.31 bits per heavy atom. The lowest BCUT2D eigenvalue weighted by Crippen LogP contribution is -2.40. The predicted octanol–water partition coefficient (Wildman–Crippen LogP) is 3.41. The number of amides is 1. The average Bonchev–Trinajstić information content (AvgIpc) is 2.60. The highest BCUT2D eigenvalue weighted by atomic mass is 16.6. The van der Waals surface area contributed by atoms with E-state index in [1.165, 1.54) is 43.4 Å². The lowest BCUT2D eigenvalue weighted by Gasteiger charge is -2.29. The molecule has 1 aromatic rings. The highest BCUT2D eigenvalue weighted by Gasteiger charge is 2.23. The molecule has 1 aliphatic heterocycles. The summed E-state index contributed by atoms with van der Waals surface area (Å²) in [6.45, 7) is 8.84. The maximum absolute atomic E-state index is 11.7. The molecular formula is C20H32N4O2. The number of fused-ring (bicyclic) bond motifs is 1. The Morgan fingerprint density at radius 3 is 2.81 bits per heavy atom. The van der Waals surface area contributed by atoms with E-state index in [9.17, 15) is 4.79 Å². The van der Waals surface area contributed by atoms with E-state index in [0.29, 0.717) is 12.5 Å². The zero-order chi connectivity index (χ0) is 18.6. The predicted molar refractivity (Wildman–Crippen MR) is 101 cm³/mol. The molecule has 2 heterocycles. The number of aromatic nitrogens is 2. The van der Waals surface area contributed by atoms with Gasteiger partial charge in [-0.1, -0.05) is 19.3 Å². The minimum absolute atomic E-state index is 0.350.